The summed E-state index contributed by atoms with van der Waals surface area (Å²) in [6, 6.07) is 9.93. The topological polar surface area (TPSA) is 121 Å². The van der Waals surface area contributed by atoms with E-state index in [1.54, 1.807) is 0 Å². The fraction of sp³-hybridized carbons (Fsp3) is 0. The third kappa shape index (κ3) is 3.42. The molecule has 2 aromatic carbocycles. The van der Waals surface area contributed by atoms with Crippen LogP contribution in [0.15, 0.2) is 53.4 Å². The van der Waals surface area contributed by atoms with Crippen molar-refractivity contribution in [2.45, 2.75) is 4.90 Å². The molecule has 3 aromatic rings. The van der Waals surface area contributed by atoms with Gasteiger partial charge in [-0.05, 0) is 42.0 Å². The van der Waals surface area contributed by atoms with Crippen LogP contribution in [0.25, 0.3) is 22.5 Å². The zero-order valence-corrected chi connectivity index (χ0v) is 13.3. The molecular weight excluding hydrogens is 351 g/mol. The molecule has 9 heteroatoms. The second kappa shape index (κ2) is 6.11. The van der Waals surface area contributed by atoms with Crippen LogP contribution in [-0.2, 0) is 10.1 Å². The summed E-state index contributed by atoms with van der Waals surface area (Å²) in [6.45, 7) is 0. The van der Waals surface area contributed by atoms with E-state index in [4.69, 9.17) is 4.55 Å². The van der Waals surface area contributed by atoms with E-state index in [1.807, 2.05) is 0 Å². The number of nitrogens with zero attached hydrogens (tertiary/aromatic N) is 2. The number of aromatic hydroxyl groups is 2. The molecule has 1 heterocycles. The zero-order valence-electron chi connectivity index (χ0n) is 12.5. The molecule has 0 fully saturated rings. The lowest BCUT2D eigenvalue weighted by atomic mass is 10.1. The SMILES string of the molecule is O=S(=O)(O)c1ccc(-c2c(O)nc(-c3ccc(F)cc3)nc2O)cc1. The molecule has 0 radical (unpaired) electrons. The van der Waals surface area contributed by atoms with E-state index in [-0.39, 0.29) is 21.8 Å². The van der Waals surface area contributed by atoms with Crippen LogP contribution in [-0.4, -0.2) is 33.2 Å². The molecule has 0 saturated carbocycles. The minimum Gasteiger partial charge on any atom is -0.493 e. The lowest BCUT2D eigenvalue weighted by molar-refractivity contribution is 0.427. The Balaban J connectivity index is 2.05. The number of hydrogen-bond donors (Lipinski definition) is 3. The summed E-state index contributed by atoms with van der Waals surface area (Å²) in [6.07, 6.45) is 0. The number of rotatable bonds is 3. The molecule has 1 aromatic heterocycles. The molecule has 3 N–H and O–H groups in total. The van der Waals surface area contributed by atoms with E-state index < -0.39 is 27.7 Å². The first-order valence-corrected chi connectivity index (χ1v) is 8.33. The van der Waals surface area contributed by atoms with E-state index in [2.05, 4.69) is 9.97 Å². The molecule has 128 valence electrons. The summed E-state index contributed by atoms with van der Waals surface area (Å²) in [5.41, 5.74) is 0.529. The summed E-state index contributed by atoms with van der Waals surface area (Å²) < 4.78 is 44.0. The maximum Gasteiger partial charge on any atom is 0.294 e. The summed E-state index contributed by atoms with van der Waals surface area (Å²) in [7, 11) is -4.36. The van der Waals surface area contributed by atoms with Crippen LogP contribution in [0.2, 0.25) is 0 Å². The molecule has 0 unspecified atom stereocenters. The molecule has 0 bridgehead atoms. The molecule has 7 nitrogen and oxygen atoms in total. The first-order chi connectivity index (χ1) is 11.8. The van der Waals surface area contributed by atoms with Gasteiger partial charge in [-0.3, -0.25) is 4.55 Å². The number of hydrogen-bond acceptors (Lipinski definition) is 6. The van der Waals surface area contributed by atoms with Gasteiger partial charge in [0.25, 0.3) is 10.1 Å². The second-order valence-electron chi connectivity index (χ2n) is 5.08. The normalized spacial score (nSPS) is 11.4. The van der Waals surface area contributed by atoms with Crippen molar-refractivity contribution >= 4 is 10.1 Å². The van der Waals surface area contributed by atoms with Crippen molar-refractivity contribution in [3.63, 3.8) is 0 Å². The van der Waals surface area contributed by atoms with Crippen LogP contribution in [0.4, 0.5) is 4.39 Å². The van der Waals surface area contributed by atoms with Gasteiger partial charge in [-0.1, -0.05) is 12.1 Å². The number of benzene rings is 2. The van der Waals surface area contributed by atoms with Gasteiger partial charge in [0.1, 0.15) is 11.4 Å². The van der Waals surface area contributed by atoms with Crippen LogP contribution >= 0.6 is 0 Å². The summed E-state index contributed by atoms with van der Waals surface area (Å²) in [5, 5.41) is 20.2. The highest BCUT2D eigenvalue weighted by atomic mass is 32.2. The first kappa shape index (κ1) is 16.8. The van der Waals surface area contributed by atoms with Crippen LogP contribution in [0.1, 0.15) is 0 Å². The molecule has 0 aliphatic carbocycles. The summed E-state index contributed by atoms with van der Waals surface area (Å²) in [4.78, 5) is 7.42. The molecule has 0 spiro atoms. The Hall–Kier alpha value is -3.04. The lowest BCUT2D eigenvalue weighted by Gasteiger charge is -2.09. The fourth-order valence-electron chi connectivity index (χ4n) is 2.22. The van der Waals surface area contributed by atoms with Gasteiger partial charge in [0.15, 0.2) is 5.82 Å². The highest BCUT2D eigenvalue weighted by Crippen LogP contribution is 2.36. The van der Waals surface area contributed by atoms with Crippen LogP contribution in [0, 0.1) is 5.82 Å². The third-order valence-corrected chi connectivity index (χ3v) is 4.28. The second-order valence-corrected chi connectivity index (χ2v) is 6.50. The largest absolute Gasteiger partial charge is 0.493 e. The van der Waals surface area contributed by atoms with Crippen molar-refractivity contribution in [3.8, 4) is 34.3 Å². The predicted molar refractivity (Wildman–Crippen MR) is 86.0 cm³/mol. The Morgan fingerprint density at radius 3 is 1.76 bits per heavy atom. The maximum absolute atomic E-state index is 13.0. The predicted octanol–water partition coefficient (Wildman–Crippen LogP) is 2.61. The number of aromatic nitrogens is 2. The van der Waals surface area contributed by atoms with Crippen molar-refractivity contribution in [1.29, 1.82) is 0 Å². The van der Waals surface area contributed by atoms with Crippen molar-refractivity contribution in [1.82, 2.24) is 9.97 Å². The van der Waals surface area contributed by atoms with Gasteiger partial charge in [-0.15, -0.1) is 0 Å². The van der Waals surface area contributed by atoms with Gasteiger partial charge >= 0.3 is 0 Å². The zero-order chi connectivity index (χ0) is 18.2. The van der Waals surface area contributed by atoms with Crippen molar-refractivity contribution in [2.24, 2.45) is 0 Å². The lowest BCUT2D eigenvalue weighted by Crippen LogP contribution is -1.98. The van der Waals surface area contributed by atoms with E-state index in [0.29, 0.717) is 5.56 Å². The molecular formula is C16H11FN2O5S. The Kier molecular flexibility index (Phi) is 4.11. The van der Waals surface area contributed by atoms with Gasteiger partial charge < -0.3 is 10.2 Å². The fourth-order valence-corrected chi connectivity index (χ4v) is 2.70. The summed E-state index contributed by atoms with van der Waals surface area (Å²) in [5.74, 6) is -1.53. The Morgan fingerprint density at radius 2 is 1.28 bits per heavy atom. The van der Waals surface area contributed by atoms with Gasteiger partial charge in [0, 0.05) is 5.56 Å². The Morgan fingerprint density at radius 1 is 0.800 bits per heavy atom. The van der Waals surface area contributed by atoms with E-state index in [9.17, 15) is 23.0 Å². The highest BCUT2D eigenvalue weighted by molar-refractivity contribution is 7.85. The van der Waals surface area contributed by atoms with Crippen LogP contribution in [0.3, 0.4) is 0 Å². The smallest absolute Gasteiger partial charge is 0.294 e. The van der Waals surface area contributed by atoms with Crippen LogP contribution < -0.4 is 0 Å². The first-order valence-electron chi connectivity index (χ1n) is 6.89. The molecule has 3 rings (SSSR count). The van der Waals surface area contributed by atoms with E-state index >= 15 is 0 Å². The summed E-state index contributed by atoms with van der Waals surface area (Å²) >= 11 is 0. The van der Waals surface area contributed by atoms with E-state index in [1.165, 1.54) is 36.4 Å². The standard InChI is InChI=1S/C16H11FN2O5S/c17-11-5-1-10(2-6-11)14-18-15(20)13(16(21)19-14)9-3-7-12(8-4-9)25(22,23)24/h1-8H,(H,22,23,24)(H2,18,19,20,21). The van der Waals surface area contributed by atoms with Gasteiger partial charge in [-0.25, -0.2) is 4.39 Å². The van der Waals surface area contributed by atoms with Gasteiger partial charge in [0.05, 0.1) is 4.90 Å². The molecule has 0 aliphatic rings. The molecule has 0 atom stereocenters. The van der Waals surface area contributed by atoms with Crippen molar-refractivity contribution in [3.05, 3.63) is 54.3 Å². The minimum atomic E-state index is -4.36. The van der Waals surface area contributed by atoms with Crippen molar-refractivity contribution < 1.29 is 27.6 Å². The molecule has 0 aliphatic heterocycles. The Bertz CT molecular complexity index is 1010. The van der Waals surface area contributed by atoms with Crippen molar-refractivity contribution in [2.75, 3.05) is 0 Å². The average Bonchev–Trinajstić information content (AvgIpc) is 2.54. The molecule has 0 amide bonds. The molecule has 0 saturated heterocycles. The highest BCUT2D eigenvalue weighted by Gasteiger charge is 2.17. The number of halogens is 1. The monoisotopic (exact) mass is 362 g/mol. The quantitative estimate of drug-likeness (QED) is 0.612. The molecule has 25 heavy (non-hydrogen) atoms. The van der Waals surface area contributed by atoms with Gasteiger partial charge in [-0.2, -0.15) is 18.4 Å². The van der Waals surface area contributed by atoms with E-state index in [0.717, 1.165) is 12.1 Å². The van der Waals surface area contributed by atoms with Crippen LogP contribution in [0.5, 0.6) is 11.8 Å². The average molecular weight is 362 g/mol. The maximum atomic E-state index is 13.0. The van der Waals surface area contributed by atoms with Gasteiger partial charge in [0.2, 0.25) is 11.8 Å². The minimum absolute atomic E-state index is 0.00620. The Labute approximate surface area is 141 Å². The third-order valence-electron chi connectivity index (χ3n) is 3.41.